The van der Waals surface area contributed by atoms with Crippen molar-refractivity contribution in [3.63, 3.8) is 0 Å². The van der Waals surface area contributed by atoms with E-state index in [0.29, 0.717) is 18.8 Å². The first-order valence-electron chi connectivity index (χ1n) is 5.10. The molecule has 1 amide bonds. The van der Waals surface area contributed by atoms with Gasteiger partial charge >= 0.3 is 0 Å². The average Bonchev–Trinajstić information content (AvgIpc) is 2.25. The fourth-order valence-electron chi connectivity index (χ4n) is 1.22. The van der Waals surface area contributed by atoms with Gasteiger partial charge in [-0.25, -0.2) is 0 Å². The summed E-state index contributed by atoms with van der Waals surface area (Å²) >= 11 is 5.50. The molecule has 0 heterocycles. The molecule has 0 unspecified atom stereocenters. The number of carbonyl (C=O) groups excluding carboxylic acids is 1. The number of hydrogen-bond donors (Lipinski definition) is 1. The maximum atomic E-state index is 11.3. The van der Waals surface area contributed by atoms with Crippen LogP contribution in [0.15, 0.2) is 24.3 Å². The van der Waals surface area contributed by atoms with E-state index in [1.807, 2.05) is 31.2 Å². The van der Waals surface area contributed by atoms with E-state index in [9.17, 15) is 4.79 Å². The van der Waals surface area contributed by atoms with E-state index in [1.54, 1.807) is 0 Å². The van der Waals surface area contributed by atoms with E-state index in [-0.39, 0.29) is 5.91 Å². The summed E-state index contributed by atoms with van der Waals surface area (Å²) < 4.78 is 0. The van der Waals surface area contributed by atoms with Gasteiger partial charge in [0, 0.05) is 18.8 Å². The molecule has 0 aliphatic rings. The lowest BCUT2D eigenvalue weighted by Gasteiger charge is -2.04. The molecule has 0 aliphatic heterocycles. The van der Waals surface area contributed by atoms with Crippen molar-refractivity contribution in [2.45, 2.75) is 26.3 Å². The van der Waals surface area contributed by atoms with Crippen LogP contribution in [0.2, 0.25) is 0 Å². The molecule has 1 rings (SSSR count). The summed E-state index contributed by atoms with van der Waals surface area (Å²) in [5.41, 5.74) is 2.35. The Labute approximate surface area is 95.6 Å². The van der Waals surface area contributed by atoms with Gasteiger partial charge in [-0.1, -0.05) is 29.8 Å². The lowest BCUT2D eigenvalue weighted by molar-refractivity contribution is -0.121. The molecule has 0 atom stereocenters. The monoisotopic (exact) mass is 225 g/mol. The Hall–Kier alpha value is -1.02. The average molecular weight is 226 g/mol. The highest BCUT2D eigenvalue weighted by Crippen LogP contribution is 2.02. The number of amides is 1. The Kier molecular flexibility index (Phi) is 5.19. The Balaban J connectivity index is 2.30. The molecule has 0 aromatic heterocycles. The zero-order chi connectivity index (χ0) is 11.1. The molecule has 2 nitrogen and oxygen atoms in total. The highest BCUT2D eigenvalue weighted by atomic mass is 35.5. The second-order valence-electron chi connectivity index (χ2n) is 3.55. The molecule has 0 saturated heterocycles. The van der Waals surface area contributed by atoms with E-state index in [0.717, 1.165) is 12.0 Å². The van der Waals surface area contributed by atoms with Crippen LogP contribution in [0.1, 0.15) is 24.0 Å². The summed E-state index contributed by atoms with van der Waals surface area (Å²) in [5.74, 6) is 0.606. The second kappa shape index (κ2) is 6.46. The second-order valence-corrected chi connectivity index (χ2v) is 3.93. The molecular formula is C12H16ClNO. The largest absolute Gasteiger partial charge is 0.352 e. The van der Waals surface area contributed by atoms with Crippen LogP contribution in [-0.4, -0.2) is 11.8 Å². The van der Waals surface area contributed by atoms with Crippen LogP contribution in [-0.2, 0) is 11.3 Å². The van der Waals surface area contributed by atoms with Crippen LogP contribution in [0.5, 0.6) is 0 Å². The number of nitrogens with one attached hydrogen (secondary N) is 1. The molecule has 1 N–H and O–H groups in total. The van der Waals surface area contributed by atoms with Gasteiger partial charge in [-0.3, -0.25) is 4.79 Å². The van der Waals surface area contributed by atoms with Gasteiger partial charge in [-0.15, -0.1) is 11.6 Å². The van der Waals surface area contributed by atoms with Crippen molar-refractivity contribution in [1.82, 2.24) is 5.32 Å². The number of alkyl halides is 1. The van der Waals surface area contributed by atoms with Crippen molar-refractivity contribution >= 4 is 17.5 Å². The first-order chi connectivity index (χ1) is 7.22. The molecule has 1 aromatic carbocycles. The number of benzene rings is 1. The molecule has 0 bridgehead atoms. The molecule has 82 valence electrons. The SMILES string of the molecule is Cc1ccc(CNC(=O)CCCCl)cc1. The van der Waals surface area contributed by atoms with Crippen LogP contribution < -0.4 is 5.32 Å². The Bertz CT molecular complexity index is 308. The van der Waals surface area contributed by atoms with Crippen LogP contribution in [0.4, 0.5) is 0 Å². The van der Waals surface area contributed by atoms with Crippen molar-refractivity contribution in [1.29, 1.82) is 0 Å². The van der Waals surface area contributed by atoms with Gasteiger partial charge in [0.1, 0.15) is 0 Å². The van der Waals surface area contributed by atoms with E-state index in [2.05, 4.69) is 5.32 Å². The predicted molar refractivity (Wildman–Crippen MR) is 63.0 cm³/mol. The molecule has 15 heavy (non-hydrogen) atoms. The van der Waals surface area contributed by atoms with Gasteiger partial charge in [-0.05, 0) is 18.9 Å². The van der Waals surface area contributed by atoms with Gasteiger partial charge in [-0.2, -0.15) is 0 Å². The van der Waals surface area contributed by atoms with Gasteiger partial charge < -0.3 is 5.32 Å². The molecule has 1 aromatic rings. The Morgan fingerprint density at radius 3 is 2.60 bits per heavy atom. The number of aryl methyl sites for hydroxylation is 1. The first kappa shape index (κ1) is 12.1. The number of halogens is 1. The predicted octanol–water partition coefficient (Wildman–Crippen LogP) is 2.63. The smallest absolute Gasteiger partial charge is 0.220 e. The lowest BCUT2D eigenvalue weighted by Crippen LogP contribution is -2.22. The minimum Gasteiger partial charge on any atom is -0.352 e. The fourth-order valence-corrected chi connectivity index (χ4v) is 1.36. The van der Waals surface area contributed by atoms with Crippen molar-refractivity contribution in [2.24, 2.45) is 0 Å². The van der Waals surface area contributed by atoms with Crippen molar-refractivity contribution < 1.29 is 4.79 Å². The van der Waals surface area contributed by atoms with Crippen LogP contribution in [0, 0.1) is 6.92 Å². The summed E-state index contributed by atoms with van der Waals surface area (Å²) in [7, 11) is 0. The van der Waals surface area contributed by atoms with Crippen molar-refractivity contribution in [3.8, 4) is 0 Å². The molecule has 0 saturated carbocycles. The maximum Gasteiger partial charge on any atom is 0.220 e. The standard InChI is InChI=1S/C12H16ClNO/c1-10-4-6-11(7-5-10)9-14-12(15)3-2-8-13/h4-7H,2-3,8-9H2,1H3,(H,14,15). The van der Waals surface area contributed by atoms with E-state index in [1.165, 1.54) is 5.56 Å². The maximum absolute atomic E-state index is 11.3. The third kappa shape index (κ3) is 4.84. The van der Waals surface area contributed by atoms with Gasteiger partial charge in [0.2, 0.25) is 5.91 Å². The Morgan fingerprint density at radius 1 is 1.33 bits per heavy atom. The molecule has 0 spiro atoms. The lowest BCUT2D eigenvalue weighted by atomic mass is 10.1. The minimum atomic E-state index is 0.0659. The highest BCUT2D eigenvalue weighted by Gasteiger charge is 1.99. The minimum absolute atomic E-state index is 0.0659. The summed E-state index contributed by atoms with van der Waals surface area (Å²) in [6, 6.07) is 8.13. The molecule has 0 aliphatic carbocycles. The number of rotatable bonds is 5. The molecular weight excluding hydrogens is 210 g/mol. The highest BCUT2D eigenvalue weighted by molar-refractivity contribution is 6.17. The van der Waals surface area contributed by atoms with Crippen LogP contribution >= 0.6 is 11.6 Å². The third-order valence-corrected chi connectivity index (χ3v) is 2.42. The van der Waals surface area contributed by atoms with E-state index < -0.39 is 0 Å². The summed E-state index contributed by atoms with van der Waals surface area (Å²) in [6.45, 7) is 2.64. The quantitative estimate of drug-likeness (QED) is 0.767. The zero-order valence-corrected chi connectivity index (χ0v) is 9.68. The fraction of sp³-hybridized carbons (Fsp3) is 0.417. The summed E-state index contributed by atoms with van der Waals surface area (Å²) in [6.07, 6.45) is 1.25. The topological polar surface area (TPSA) is 29.1 Å². The van der Waals surface area contributed by atoms with E-state index >= 15 is 0 Å². The number of hydrogen-bond acceptors (Lipinski definition) is 1. The molecule has 0 fully saturated rings. The molecule has 0 radical (unpaired) electrons. The van der Waals surface area contributed by atoms with Gasteiger partial charge in [0.15, 0.2) is 0 Å². The summed E-state index contributed by atoms with van der Waals surface area (Å²) in [4.78, 5) is 11.3. The molecule has 3 heteroatoms. The van der Waals surface area contributed by atoms with Crippen LogP contribution in [0.25, 0.3) is 0 Å². The normalized spacial score (nSPS) is 10.0. The van der Waals surface area contributed by atoms with Crippen molar-refractivity contribution in [2.75, 3.05) is 5.88 Å². The Morgan fingerprint density at radius 2 is 2.00 bits per heavy atom. The van der Waals surface area contributed by atoms with E-state index in [4.69, 9.17) is 11.6 Å². The first-order valence-corrected chi connectivity index (χ1v) is 5.64. The van der Waals surface area contributed by atoms with Crippen molar-refractivity contribution in [3.05, 3.63) is 35.4 Å². The van der Waals surface area contributed by atoms with Crippen LogP contribution in [0.3, 0.4) is 0 Å². The van der Waals surface area contributed by atoms with Gasteiger partial charge in [0.25, 0.3) is 0 Å². The summed E-state index contributed by atoms with van der Waals surface area (Å²) in [5, 5.41) is 2.86. The zero-order valence-electron chi connectivity index (χ0n) is 8.92. The number of carbonyl (C=O) groups is 1. The van der Waals surface area contributed by atoms with Gasteiger partial charge in [0.05, 0.1) is 0 Å². The third-order valence-electron chi connectivity index (χ3n) is 2.15.